The van der Waals surface area contributed by atoms with Gasteiger partial charge in [0, 0.05) is 51.0 Å². The summed E-state index contributed by atoms with van der Waals surface area (Å²) in [6.07, 6.45) is 8.06. The molecule has 58 heavy (non-hydrogen) atoms. The largest absolute Gasteiger partial charge is 0.456 e. The Kier molecular flexibility index (Phi) is 8.07. The number of para-hydroxylation sites is 2. The first-order valence-electron chi connectivity index (χ1n) is 19.3. The van der Waals surface area contributed by atoms with Crippen LogP contribution < -0.4 is 4.74 Å². The van der Waals surface area contributed by atoms with E-state index in [0.717, 1.165) is 106 Å². The smallest absolute Gasteiger partial charge is 0.160 e. The summed E-state index contributed by atoms with van der Waals surface area (Å²) < 4.78 is 13.5. The molecule has 10 aromatic rings. The summed E-state index contributed by atoms with van der Waals surface area (Å²) in [5, 5.41) is 2.04. The summed E-state index contributed by atoms with van der Waals surface area (Å²) in [7, 11) is 0. The number of furan rings is 1. The lowest BCUT2D eigenvalue weighted by Crippen LogP contribution is -1.97. The van der Waals surface area contributed by atoms with Crippen molar-refractivity contribution in [1.29, 1.82) is 0 Å². The minimum absolute atomic E-state index is 0.645. The molecule has 5 heteroatoms. The van der Waals surface area contributed by atoms with E-state index in [9.17, 15) is 0 Å². The van der Waals surface area contributed by atoms with Crippen molar-refractivity contribution in [3.63, 3.8) is 0 Å². The van der Waals surface area contributed by atoms with Crippen molar-refractivity contribution in [2.45, 2.75) is 0 Å². The first-order chi connectivity index (χ1) is 28.7. The van der Waals surface area contributed by atoms with E-state index in [4.69, 9.17) is 19.1 Å². The molecular weight excluding hydrogens is 711 g/mol. The van der Waals surface area contributed by atoms with Crippen LogP contribution in [0, 0.1) is 0 Å². The zero-order valence-corrected chi connectivity index (χ0v) is 31.2. The van der Waals surface area contributed by atoms with Crippen molar-refractivity contribution >= 4 is 34.1 Å². The Morgan fingerprint density at radius 1 is 0.379 bits per heavy atom. The maximum atomic E-state index is 7.06. The molecule has 1 aliphatic heterocycles. The van der Waals surface area contributed by atoms with Gasteiger partial charge in [-0.15, -0.1) is 0 Å². The van der Waals surface area contributed by atoms with Gasteiger partial charge in [-0.2, -0.15) is 0 Å². The van der Waals surface area contributed by atoms with Crippen molar-refractivity contribution in [3.8, 4) is 78.8 Å². The Labute approximate surface area is 335 Å². The van der Waals surface area contributed by atoms with Gasteiger partial charge in [-0.25, -0.2) is 9.97 Å². The molecule has 0 fully saturated rings. The number of aromatic nitrogens is 3. The number of nitrogens with zero attached hydrogens (tertiary/aromatic N) is 3. The fourth-order valence-electron chi connectivity index (χ4n) is 7.93. The van der Waals surface area contributed by atoms with Gasteiger partial charge in [0.2, 0.25) is 0 Å². The van der Waals surface area contributed by atoms with Gasteiger partial charge in [0.15, 0.2) is 5.82 Å². The molecule has 11 rings (SSSR count). The Hall–Kier alpha value is -7.89. The Balaban J connectivity index is 1.13. The number of benzene rings is 7. The quantitative estimate of drug-likeness (QED) is 0.180. The van der Waals surface area contributed by atoms with Crippen LogP contribution in [0.2, 0.25) is 0 Å². The van der Waals surface area contributed by atoms with Gasteiger partial charge in [-0.1, -0.05) is 146 Å². The number of pyridine rings is 1. The summed E-state index contributed by atoms with van der Waals surface area (Å²) in [6.45, 7) is 0. The van der Waals surface area contributed by atoms with E-state index in [2.05, 4.69) is 138 Å². The number of hydrogen-bond donors (Lipinski definition) is 0. The van der Waals surface area contributed by atoms with Crippen LogP contribution in [0.4, 0.5) is 0 Å². The molecule has 0 amide bonds. The molecule has 0 saturated heterocycles. The second kappa shape index (κ2) is 14.0. The maximum absolute atomic E-state index is 7.06. The highest BCUT2D eigenvalue weighted by Gasteiger charge is 2.21. The van der Waals surface area contributed by atoms with Gasteiger partial charge in [-0.3, -0.25) is 4.98 Å². The van der Waals surface area contributed by atoms with Crippen LogP contribution in [-0.4, -0.2) is 15.0 Å². The van der Waals surface area contributed by atoms with Gasteiger partial charge in [0.05, 0.1) is 11.4 Å². The van der Waals surface area contributed by atoms with Crippen LogP contribution in [0.5, 0.6) is 11.5 Å². The average molecular weight is 744 g/mol. The van der Waals surface area contributed by atoms with Crippen LogP contribution in [0.1, 0.15) is 11.1 Å². The first-order valence-corrected chi connectivity index (χ1v) is 19.3. The minimum atomic E-state index is 0.645. The van der Waals surface area contributed by atoms with Crippen LogP contribution in [0.25, 0.3) is 101 Å². The van der Waals surface area contributed by atoms with Crippen molar-refractivity contribution in [3.05, 3.63) is 199 Å². The second-order valence-electron chi connectivity index (χ2n) is 14.4. The Bertz CT molecular complexity index is 3190. The number of hydrogen-bond acceptors (Lipinski definition) is 5. The maximum Gasteiger partial charge on any atom is 0.160 e. The lowest BCUT2D eigenvalue weighted by Gasteiger charge is -2.17. The summed E-state index contributed by atoms with van der Waals surface area (Å²) >= 11 is 0. The van der Waals surface area contributed by atoms with Crippen molar-refractivity contribution in [2.75, 3.05) is 0 Å². The molecule has 0 unspecified atom stereocenters. The monoisotopic (exact) mass is 743 g/mol. The highest BCUT2D eigenvalue weighted by molar-refractivity contribution is 6.07. The van der Waals surface area contributed by atoms with E-state index in [1.807, 2.05) is 60.8 Å². The third-order valence-corrected chi connectivity index (χ3v) is 10.9. The summed E-state index contributed by atoms with van der Waals surface area (Å²) in [5.74, 6) is 2.16. The molecule has 0 N–H and O–H groups in total. The molecule has 4 heterocycles. The van der Waals surface area contributed by atoms with Crippen LogP contribution in [-0.2, 0) is 0 Å². The highest BCUT2D eigenvalue weighted by atomic mass is 16.5. The Morgan fingerprint density at radius 3 is 1.91 bits per heavy atom. The zero-order chi connectivity index (χ0) is 38.4. The molecule has 1 aliphatic rings. The molecular formula is C53H33N3O2. The zero-order valence-electron chi connectivity index (χ0n) is 31.2. The fourth-order valence-corrected chi connectivity index (χ4v) is 7.93. The first kappa shape index (κ1) is 33.4. The fraction of sp³-hybridized carbons (Fsp3) is 0. The van der Waals surface area contributed by atoms with Gasteiger partial charge >= 0.3 is 0 Å². The third kappa shape index (κ3) is 6.03. The van der Waals surface area contributed by atoms with Crippen LogP contribution in [0.15, 0.2) is 193 Å². The normalized spacial score (nSPS) is 11.9. The van der Waals surface area contributed by atoms with Crippen molar-refractivity contribution in [1.82, 2.24) is 15.0 Å². The van der Waals surface area contributed by atoms with E-state index >= 15 is 0 Å². The predicted octanol–water partition coefficient (Wildman–Crippen LogP) is 14.0. The number of ether oxygens (including phenoxy) is 1. The van der Waals surface area contributed by atoms with Crippen molar-refractivity contribution in [2.24, 2.45) is 0 Å². The van der Waals surface area contributed by atoms with E-state index < -0.39 is 0 Å². The second-order valence-corrected chi connectivity index (χ2v) is 14.4. The summed E-state index contributed by atoms with van der Waals surface area (Å²) in [6, 6.07) is 60.4. The highest BCUT2D eigenvalue weighted by Crippen LogP contribution is 2.46. The minimum Gasteiger partial charge on any atom is -0.456 e. The molecule has 0 aliphatic carbocycles. The van der Waals surface area contributed by atoms with E-state index in [0.29, 0.717) is 5.82 Å². The molecule has 0 saturated carbocycles. The lowest BCUT2D eigenvalue weighted by atomic mass is 9.93. The molecule has 0 atom stereocenters. The van der Waals surface area contributed by atoms with Gasteiger partial charge in [0.25, 0.3) is 0 Å². The Morgan fingerprint density at radius 2 is 1.07 bits per heavy atom. The van der Waals surface area contributed by atoms with Crippen LogP contribution >= 0.6 is 0 Å². The molecule has 3 aromatic heterocycles. The SMILES string of the molecule is C1=Cc2ccc(-c3cc(-c4ccccc4)nc(-c4ccc(-c5cccnc5)cc4)n3)cc2-c2cc3oc4ccccc4c3cc2Oc2ccccc2-c2ccccc21. The van der Waals surface area contributed by atoms with Gasteiger partial charge < -0.3 is 9.15 Å². The molecule has 0 spiro atoms. The summed E-state index contributed by atoms with van der Waals surface area (Å²) in [4.78, 5) is 14.7. The molecule has 0 radical (unpaired) electrons. The predicted molar refractivity (Wildman–Crippen MR) is 235 cm³/mol. The molecule has 0 bridgehead atoms. The lowest BCUT2D eigenvalue weighted by molar-refractivity contribution is 0.487. The molecule has 272 valence electrons. The van der Waals surface area contributed by atoms with E-state index in [1.54, 1.807) is 6.20 Å². The van der Waals surface area contributed by atoms with Gasteiger partial charge in [0.1, 0.15) is 22.7 Å². The number of fused-ring (bicyclic) bond motifs is 9. The average Bonchev–Trinajstić information content (AvgIpc) is 3.65. The van der Waals surface area contributed by atoms with E-state index in [1.165, 1.54) is 0 Å². The summed E-state index contributed by atoms with van der Waals surface area (Å²) in [5.41, 5.74) is 14.5. The number of rotatable bonds is 4. The van der Waals surface area contributed by atoms with Gasteiger partial charge in [-0.05, 0) is 75.8 Å². The van der Waals surface area contributed by atoms with E-state index in [-0.39, 0.29) is 0 Å². The van der Waals surface area contributed by atoms with Crippen molar-refractivity contribution < 1.29 is 9.15 Å². The topological polar surface area (TPSA) is 61.0 Å². The standard InChI is InChI=1S/C53H33N3O2/c1-2-12-37(13-3-1)47-32-48(56-53(55-47)38-25-20-34(21-26-38)40-14-10-28-54-33-40)39-27-24-36-23-22-35-11-4-5-15-41(35)42-16-6-8-18-49(42)57-52-30-45-43-17-7-9-19-50(43)58-51(45)31-46(52)44(36)29-39/h1-33H. The molecule has 5 nitrogen and oxygen atoms in total. The molecule has 7 aromatic carbocycles. The van der Waals surface area contributed by atoms with Crippen LogP contribution in [0.3, 0.4) is 0 Å². The third-order valence-electron chi connectivity index (χ3n) is 10.9.